The molecule has 0 bridgehead atoms. The largest absolute Gasteiger partial charge is 0.492 e. The molecule has 0 atom stereocenters. The molecule has 2 aromatic rings. The van der Waals surface area contributed by atoms with Gasteiger partial charge in [0, 0.05) is 12.1 Å². The van der Waals surface area contributed by atoms with E-state index in [1.807, 2.05) is 0 Å². The van der Waals surface area contributed by atoms with Gasteiger partial charge < -0.3 is 10.1 Å². The quantitative estimate of drug-likeness (QED) is 0.846. The minimum absolute atomic E-state index is 0.0392. The van der Waals surface area contributed by atoms with E-state index in [2.05, 4.69) is 10.4 Å². The van der Waals surface area contributed by atoms with Gasteiger partial charge in [-0.2, -0.15) is 18.3 Å². The Hall–Kier alpha value is -2.22. The van der Waals surface area contributed by atoms with Crippen molar-refractivity contribution in [3.8, 4) is 5.75 Å². The molecular formula is C14H13ClF3N3O2. The van der Waals surface area contributed by atoms with Crippen LogP contribution in [-0.4, -0.2) is 28.8 Å². The van der Waals surface area contributed by atoms with Gasteiger partial charge in [0.2, 0.25) is 0 Å². The second-order valence-corrected chi connectivity index (χ2v) is 5.03. The number of rotatable bonds is 5. The van der Waals surface area contributed by atoms with E-state index in [1.54, 1.807) is 24.3 Å². The Bertz CT molecular complexity index is 701. The van der Waals surface area contributed by atoms with E-state index < -0.39 is 23.3 Å². The Labute approximate surface area is 135 Å². The number of carbonyl (C=O) groups is 1. The van der Waals surface area contributed by atoms with Crippen LogP contribution in [0.5, 0.6) is 5.75 Å². The van der Waals surface area contributed by atoms with Crippen LogP contribution in [0.15, 0.2) is 30.5 Å². The molecule has 1 aromatic heterocycles. The van der Waals surface area contributed by atoms with E-state index in [0.717, 1.165) is 13.2 Å². The van der Waals surface area contributed by atoms with E-state index in [4.69, 9.17) is 16.3 Å². The van der Waals surface area contributed by atoms with Gasteiger partial charge in [0.1, 0.15) is 12.4 Å². The van der Waals surface area contributed by atoms with Crippen molar-refractivity contribution in [2.75, 3.05) is 13.2 Å². The summed E-state index contributed by atoms with van der Waals surface area (Å²) in [6.07, 6.45) is -3.77. The fourth-order valence-electron chi connectivity index (χ4n) is 1.93. The minimum Gasteiger partial charge on any atom is -0.492 e. The molecule has 0 spiro atoms. The van der Waals surface area contributed by atoms with Crippen molar-refractivity contribution in [3.05, 3.63) is 46.7 Å². The van der Waals surface area contributed by atoms with E-state index in [9.17, 15) is 18.0 Å². The lowest BCUT2D eigenvalue weighted by Gasteiger charge is -2.10. The van der Waals surface area contributed by atoms with Crippen molar-refractivity contribution in [1.29, 1.82) is 0 Å². The number of nitrogens with zero attached hydrogens (tertiary/aromatic N) is 2. The summed E-state index contributed by atoms with van der Waals surface area (Å²) in [6, 6.07) is 6.64. The van der Waals surface area contributed by atoms with Gasteiger partial charge in [-0.15, -0.1) is 0 Å². The van der Waals surface area contributed by atoms with Gasteiger partial charge in [-0.1, -0.05) is 17.7 Å². The topological polar surface area (TPSA) is 56.2 Å². The third-order valence-electron chi connectivity index (χ3n) is 2.90. The lowest BCUT2D eigenvalue weighted by Crippen LogP contribution is -2.30. The van der Waals surface area contributed by atoms with Crippen LogP contribution >= 0.6 is 11.6 Å². The van der Waals surface area contributed by atoms with Crippen LogP contribution in [0, 0.1) is 0 Å². The molecule has 1 heterocycles. The van der Waals surface area contributed by atoms with Gasteiger partial charge in [-0.3, -0.25) is 9.48 Å². The molecule has 124 valence electrons. The third-order valence-corrected chi connectivity index (χ3v) is 3.14. The monoisotopic (exact) mass is 347 g/mol. The highest BCUT2D eigenvalue weighted by molar-refractivity contribution is 6.30. The summed E-state index contributed by atoms with van der Waals surface area (Å²) < 4.78 is 44.6. The van der Waals surface area contributed by atoms with Crippen LogP contribution < -0.4 is 10.1 Å². The maximum atomic E-state index is 12.9. The fraction of sp³-hybridized carbons (Fsp3) is 0.286. The highest BCUT2D eigenvalue weighted by atomic mass is 35.5. The van der Waals surface area contributed by atoms with Crippen LogP contribution in [0.2, 0.25) is 5.02 Å². The number of hydrogen-bond donors (Lipinski definition) is 1. The number of nitrogens with one attached hydrogen (secondary N) is 1. The molecule has 0 saturated carbocycles. The van der Waals surface area contributed by atoms with Crippen molar-refractivity contribution < 1.29 is 22.7 Å². The van der Waals surface area contributed by atoms with Crippen molar-refractivity contribution in [2.45, 2.75) is 6.18 Å². The number of aromatic nitrogens is 2. The maximum absolute atomic E-state index is 12.9. The smallest absolute Gasteiger partial charge is 0.433 e. The van der Waals surface area contributed by atoms with Crippen molar-refractivity contribution in [3.63, 3.8) is 0 Å². The molecule has 1 amide bonds. The first-order valence-corrected chi connectivity index (χ1v) is 6.92. The summed E-state index contributed by atoms with van der Waals surface area (Å²) in [7, 11) is 1.13. The second kappa shape index (κ2) is 6.91. The maximum Gasteiger partial charge on any atom is 0.433 e. The lowest BCUT2D eigenvalue weighted by molar-refractivity contribution is -0.144. The first-order valence-electron chi connectivity index (χ1n) is 6.55. The molecule has 2 rings (SSSR count). The average Bonchev–Trinajstić information content (AvgIpc) is 2.85. The zero-order valence-corrected chi connectivity index (χ0v) is 12.8. The second-order valence-electron chi connectivity index (χ2n) is 4.59. The molecule has 0 radical (unpaired) electrons. The summed E-state index contributed by atoms with van der Waals surface area (Å²) in [4.78, 5) is 11.8. The molecule has 0 saturated heterocycles. The zero-order chi connectivity index (χ0) is 17.0. The standard InChI is InChI=1S/C14H13ClF3N3O2/c1-21-12(14(16,17)18)11(8-20-21)13(22)19-5-6-23-10-4-2-3-9(15)7-10/h2-4,7-8H,5-6H2,1H3,(H,19,22). The number of amides is 1. The SMILES string of the molecule is Cn1ncc(C(=O)NCCOc2cccc(Cl)c2)c1C(F)(F)F. The van der Waals surface area contributed by atoms with Gasteiger partial charge in [-0.25, -0.2) is 0 Å². The highest BCUT2D eigenvalue weighted by Crippen LogP contribution is 2.31. The van der Waals surface area contributed by atoms with Crippen molar-refractivity contribution >= 4 is 17.5 Å². The number of ether oxygens (including phenoxy) is 1. The molecular weight excluding hydrogens is 335 g/mol. The fourth-order valence-corrected chi connectivity index (χ4v) is 2.11. The molecule has 9 heteroatoms. The summed E-state index contributed by atoms with van der Waals surface area (Å²) in [5, 5.41) is 6.34. The Balaban J connectivity index is 1.91. The van der Waals surface area contributed by atoms with Gasteiger partial charge in [-0.05, 0) is 18.2 Å². The van der Waals surface area contributed by atoms with E-state index >= 15 is 0 Å². The third kappa shape index (κ3) is 4.38. The Kier molecular flexibility index (Phi) is 5.15. The Morgan fingerprint density at radius 1 is 1.43 bits per heavy atom. The van der Waals surface area contributed by atoms with Crippen LogP contribution in [0.3, 0.4) is 0 Å². The van der Waals surface area contributed by atoms with Crippen LogP contribution in [0.4, 0.5) is 13.2 Å². The van der Waals surface area contributed by atoms with Crippen LogP contribution in [-0.2, 0) is 13.2 Å². The molecule has 1 aromatic carbocycles. The van der Waals surface area contributed by atoms with E-state index in [-0.39, 0.29) is 13.2 Å². The number of carbonyl (C=O) groups excluding carboxylic acids is 1. The van der Waals surface area contributed by atoms with Gasteiger partial charge >= 0.3 is 6.18 Å². The molecule has 0 aliphatic rings. The number of alkyl halides is 3. The first kappa shape index (κ1) is 17.1. The minimum atomic E-state index is -4.66. The normalized spacial score (nSPS) is 11.3. The molecule has 0 fully saturated rings. The van der Waals surface area contributed by atoms with Crippen molar-refractivity contribution in [2.24, 2.45) is 7.05 Å². The van der Waals surface area contributed by atoms with Crippen molar-refractivity contribution in [1.82, 2.24) is 15.1 Å². The van der Waals surface area contributed by atoms with E-state index in [1.165, 1.54) is 0 Å². The predicted octanol–water partition coefficient (Wildman–Crippen LogP) is 2.90. The summed E-state index contributed by atoms with van der Waals surface area (Å²) in [5.74, 6) is -0.357. The molecule has 5 nitrogen and oxygen atoms in total. The summed E-state index contributed by atoms with van der Waals surface area (Å²) in [5.41, 5.74) is -1.62. The number of hydrogen-bond acceptors (Lipinski definition) is 3. The molecule has 0 aliphatic carbocycles. The lowest BCUT2D eigenvalue weighted by atomic mass is 10.2. The Morgan fingerprint density at radius 3 is 2.83 bits per heavy atom. The van der Waals surface area contributed by atoms with Crippen LogP contribution in [0.25, 0.3) is 0 Å². The van der Waals surface area contributed by atoms with Gasteiger partial charge in [0.05, 0.1) is 18.3 Å². The molecule has 0 aliphatic heterocycles. The summed E-state index contributed by atoms with van der Waals surface area (Å²) in [6.45, 7) is 0.130. The Morgan fingerprint density at radius 2 is 2.17 bits per heavy atom. The zero-order valence-electron chi connectivity index (χ0n) is 12.0. The molecule has 0 unspecified atom stereocenters. The molecule has 23 heavy (non-hydrogen) atoms. The number of aryl methyl sites for hydroxylation is 1. The van der Waals surface area contributed by atoms with Gasteiger partial charge in [0.25, 0.3) is 5.91 Å². The first-order chi connectivity index (χ1) is 10.8. The highest BCUT2D eigenvalue weighted by Gasteiger charge is 2.39. The van der Waals surface area contributed by atoms with E-state index in [0.29, 0.717) is 15.5 Å². The summed E-state index contributed by atoms with van der Waals surface area (Å²) >= 11 is 5.79. The van der Waals surface area contributed by atoms with Gasteiger partial charge in [0.15, 0.2) is 5.69 Å². The average molecular weight is 348 g/mol. The predicted molar refractivity (Wildman–Crippen MR) is 77.5 cm³/mol. The number of halogens is 4. The number of benzene rings is 1. The van der Waals surface area contributed by atoms with Crippen LogP contribution in [0.1, 0.15) is 16.1 Å². The molecule has 1 N–H and O–H groups in total.